The topological polar surface area (TPSA) is 26.0 Å². The number of rotatable bonds is 1. The minimum Gasteiger partial charge on any atom is -0.364 e. The average molecular weight is 144 g/mol. The Morgan fingerprint density at radius 2 is 2.00 bits per heavy atom. The summed E-state index contributed by atoms with van der Waals surface area (Å²) in [4.78, 5) is 0. The molecule has 0 atom stereocenters. The Hall–Kier alpha value is -1.57. The van der Waals surface area contributed by atoms with E-state index in [1.165, 1.54) is 0 Å². The quantitative estimate of drug-likeness (QED) is 0.612. The van der Waals surface area contributed by atoms with Crippen LogP contribution in [-0.4, -0.2) is 5.16 Å². The first kappa shape index (κ1) is 6.16. The van der Waals surface area contributed by atoms with E-state index >= 15 is 0 Å². The molecule has 2 nitrogen and oxygen atoms in total. The lowest BCUT2D eigenvalue weighted by Gasteiger charge is -1.91. The van der Waals surface area contributed by atoms with Crippen LogP contribution in [0, 0.1) is 6.07 Å². The summed E-state index contributed by atoms with van der Waals surface area (Å²) in [6.07, 6.45) is 3.31. The summed E-state index contributed by atoms with van der Waals surface area (Å²) in [6.45, 7) is 0. The summed E-state index contributed by atoms with van der Waals surface area (Å²) in [7, 11) is 0. The molecule has 0 unspecified atom stereocenters. The maximum absolute atomic E-state index is 4.71. The summed E-state index contributed by atoms with van der Waals surface area (Å²) >= 11 is 0. The zero-order valence-corrected chi connectivity index (χ0v) is 5.82. The highest BCUT2D eigenvalue weighted by atomic mass is 16.5. The van der Waals surface area contributed by atoms with Crippen molar-refractivity contribution < 1.29 is 4.52 Å². The van der Waals surface area contributed by atoms with Crippen molar-refractivity contribution >= 4 is 0 Å². The third-order valence-corrected chi connectivity index (χ3v) is 1.48. The first-order valence-electron chi connectivity index (χ1n) is 3.33. The molecule has 0 aliphatic heterocycles. The maximum Gasteiger partial charge on any atom is 0.131 e. The molecular weight excluding hydrogens is 138 g/mol. The van der Waals surface area contributed by atoms with Crippen LogP contribution in [0.15, 0.2) is 41.2 Å². The first-order chi connectivity index (χ1) is 5.47. The second-order valence-corrected chi connectivity index (χ2v) is 2.20. The Morgan fingerprint density at radius 3 is 2.64 bits per heavy atom. The summed E-state index contributed by atoms with van der Waals surface area (Å²) in [5, 5.41) is 3.61. The van der Waals surface area contributed by atoms with Crippen LogP contribution in [0.5, 0.6) is 0 Å². The van der Waals surface area contributed by atoms with Gasteiger partial charge >= 0.3 is 0 Å². The van der Waals surface area contributed by atoms with E-state index in [-0.39, 0.29) is 0 Å². The Kier molecular flexibility index (Phi) is 1.44. The van der Waals surface area contributed by atoms with Gasteiger partial charge in [-0.1, -0.05) is 29.4 Å². The molecule has 2 heteroatoms. The number of hydrogen-bond donors (Lipinski definition) is 0. The molecule has 11 heavy (non-hydrogen) atoms. The van der Waals surface area contributed by atoms with Gasteiger partial charge in [-0.05, 0) is 11.6 Å². The molecule has 1 aromatic carbocycles. The third-order valence-electron chi connectivity index (χ3n) is 1.48. The van der Waals surface area contributed by atoms with E-state index in [4.69, 9.17) is 4.52 Å². The van der Waals surface area contributed by atoms with Crippen molar-refractivity contribution in [3.63, 3.8) is 0 Å². The van der Waals surface area contributed by atoms with Crippen molar-refractivity contribution in [3.05, 3.63) is 42.8 Å². The fraction of sp³-hybridized carbons (Fsp3) is 0. The van der Waals surface area contributed by atoms with E-state index in [1.54, 1.807) is 12.5 Å². The van der Waals surface area contributed by atoms with E-state index in [0.717, 1.165) is 11.1 Å². The number of aromatic nitrogens is 1. The minimum absolute atomic E-state index is 0.999. The summed E-state index contributed by atoms with van der Waals surface area (Å²) in [6, 6.07) is 10.6. The predicted octanol–water partition coefficient (Wildman–Crippen LogP) is 2.14. The summed E-state index contributed by atoms with van der Waals surface area (Å²) in [5.74, 6) is 0. The molecule has 0 amide bonds. The highest BCUT2D eigenvalue weighted by Crippen LogP contribution is 2.16. The Balaban J connectivity index is 2.46. The fourth-order valence-corrected chi connectivity index (χ4v) is 0.927. The molecule has 0 aliphatic carbocycles. The maximum atomic E-state index is 4.71. The van der Waals surface area contributed by atoms with Crippen molar-refractivity contribution in [2.75, 3.05) is 0 Å². The van der Waals surface area contributed by atoms with Crippen LogP contribution in [0.25, 0.3) is 11.1 Å². The first-order valence-corrected chi connectivity index (χ1v) is 3.33. The normalized spacial score (nSPS) is 9.82. The van der Waals surface area contributed by atoms with Gasteiger partial charge in [0, 0.05) is 5.56 Å². The van der Waals surface area contributed by atoms with Gasteiger partial charge in [0.1, 0.15) is 6.26 Å². The van der Waals surface area contributed by atoms with Gasteiger partial charge in [-0.15, -0.1) is 0 Å². The van der Waals surface area contributed by atoms with E-state index in [2.05, 4.69) is 11.2 Å². The monoisotopic (exact) mass is 144 g/mol. The van der Waals surface area contributed by atoms with E-state index in [0.29, 0.717) is 0 Å². The number of nitrogens with zero attached hydrogens (tertiary/aromatic N) is 1. The molecule has 0 bridgehead atoms. The van der Waals surface area contributed by atoms with Crippen molar-refractivity contribution in [3.8, 4) is 11.1 Å². The SMILES string of the molecule is [c]1ccc(-c2cnoc2)cc1. The lowest BCUT2D eigenvalue weighted by atomic mass is 10.1. The van der Waals surface area contributed by atoms with Crippen LogP contribution >= 0.6 is 0 Å². The summed E-state index contributed by atoms with van der Waals surface area (Å²) < 4.78 is 4.71. The highest BCUT2D eigenvalue weighted by Gasteiger charge is 1.96. The molecule has 0 N–H and O–H groups in total. The van der Waals surface area contributed by atoms with Gasteiger partial charge in [-0.25, -0.2) is 0 Å². The van der Waals surface area contributed by atoms with E-state index in [1.807, 2.05) is 24.3 Å². The van der Waals surface area contributed by atoms with E-state index in [9.17, 15) is 0 Å². The van der Waals surface area contributed by atoms with E-state index < -0.39 is 0 Å². The lowest BCUT2D eigenvalue weighted by molar-refractivity contribution is 0.420. The number of benzene rings is 1. The van der Waals surface area contributed by atoms with Gasteiger partial charge in [-0.2, -0.15) is 0 Å². The van der Waals surface area contributed by atoms with Crippen molar-refractivity contribution in [1.82, 2.24) is 5.16 Å². The Morgan fingerprint density at radius 1 is 1.18 bits per heavy atom. The fourth-order valence-electron chi connectivity index (χ4n) is 0.927. The minimum atomic E-state index is 0.999. The van der Waals surface area contributed by atoms with Crippen LogP contribution in [-0.2, 0) is 0 Å². The largest absolute Gasteiger partial charge is 0.364 e. The molecule has 1 heterocycles. The van der Waals surface area contributed by atoms with Crippen LogP contribution in [0.3, 0.4) is 0 Å². The third kappa shape index (κ3) is 1.15. The predicted molar refractivity (Wildman–Crippen MR) is 40.8 cm³/mol. The van der Waals surface area contributed by atoms with Crippen molar-refractivity contribution in [2.24, 2.45) is 0 Å². The van der Waals surface area contributed by atoms with Crippen LogP contribution in [0.2, 0.25) is 0 Å². The molecule has 1 radical (unpaired) electrons. The smallest absolute Gasteiger partial charge is 0.131 e. The van der Waals surface area contributed by atoms with Crippen LogP contribution in [0.4, 0.5) is 0 Å². The molecule has 2 aromatic rings. The second kappa shape index (κ2) is 2.58. The Labute approximate surface area is 64.5 Å². The Bertz CT molecular complexity index is 313. The zero-order chi connectivity index (χ0) is 7.52. The highest BCUT2D eigenvalue weighted by molar-refractivity contribution is 5.60. The summed E-state index contributed by atoms with van der Waals surface area (Å²) in [5.41, 5.74) is 2.10. The van der Waals surface area contributed by atoms with Crippen LogP contribution in [0.1, 0.15) is 0 Å². The molecule has 0 saturated heterocycles. The van der Waals surface area contributed by atoms with Gasteiger partial charge in [0.15, 0.2) is 0 Å². The van der Waals surface area contributed by atoms with Gasteiger partial charge in [0.2, 0.25) is 0 Å². The molecule has 0 saturated carbocycles. The second-order valence-electron chi connectivity index (χ2n) is 2.20. The molecule has 0 aliphatic rings. The lowest BCUT2D eigenvalue weighted by Crippen LogP contribution is -1.69. The van der Waals surface area contributed by atoms with Crippen molar-refractivity contribution in [2.45, 2.75) is 0 Å². The van der Waals surface area contributed by atoms with Gasteiger partial charge < -0.3 is 4.52 Å². The standard InChI is InChI=1S/C9H6NO/c1-2-4-8(5-3-1)9-6-10-11-7-9/h2-7H. The number of hydrogen-bond acceptors (Lipinski definition) is 2. The molecule has 1 aromatic heterocycles. The molecule has 2 rings (SSSR count). The molecule has 0 fully saturated rings. The molecular formula is C9H6NO. The van der Waals surface area contributed by atoms with Gasteiger partial charge in [0.05, 0.1) is 6.20 Å². The average Bonchev–Trinajstić information content (AvgIpc) is 2.58. The molecule has 0 spiro atoms. The van der Waals surface area contributed by atoms with Crippen LogP contribution < -0.4 is 0 Å². The van der Waals surface area contributed by atoms with Gasteiger partial charge in [-0.3, -0.25) is 0 Å². The molecule has 53 valence electrons. The van der Waals surface area contributed by atoms with Gasteiger partial charge in [0.25, 0.3) is 0 Å². The van der Waals surface area contributed by atoms with Crippen molar-refractivity contribution in [1.29, 1.82) is 0 Å². The zero-order valence-electron chi connectivity index (χ0n) is 5.82.